The highest BCUT2D eigenvalue weighted by Crippen LogP contribution is 2.35. The van der Waals surface area contributed by atoms with E-state index >= 15 is 0 Å². The molecule has 1 unspecified atom stereocenters. The van der Waals surface area contributed by atoms with Crippen LogP contribution in [0.25, 0.3) is 0 Å². The zero-order valence-corrected chi connectivity index (χ0v) is 12.1. The number of ether oxygens (including phenoxy) is 1. The quantitative estimate of drug-likeness (QED) is 0.944. The first-order valence-corrected chi connectivity index (χ1v) is 7.43. The normalized spacial score (nSPS) is 15.1. The first kappa shape index (κ1) is 12.9. The van der Waals surface area contributed by atoms with E-state index in [-0.39, 0.29) is 0 Å². The minimum atomic E-state index is -0.614. The molecule has 19 heavy (non-hydrogen) atoms. The first-order valence-electron chi connectivity index (χ1n) is 6.17. The molecule has 2 heterocycles. The van der Waals surface area contributed by atoms with Gasteiger partial charge in [0.1, 0.15) is 11.9 Å². The summed E-state index contributed by atoms with van der Waals surface area (Å²) in [7, 11) is 0. The Morgan fingerprint density at radius 3 is 3.11 bits per heavy atom. The van der Waals surface area contributed by atoms with Crippen molar-refractivity contribution in [2.24, 2.45) is 0 Å². The average molecular weight is 296 g/mol. The number of thiazole rings is 1. The average Bonchev–Trinajstić information content (AvgIpc) is 2.97. The number of aliphatic hydroxyl groups excluding tert-OH is 1. The number of benzene rings is 1. The van der Waals surface area contributed by atoms with Crippen molar-refractivity contribution in [2.45, 2.75) is 25.9 Å². The number of aryl methyl sites for hydroxylation is 1. The summed E-state index contributed by atoms with van der Waals surface area (Å²) in [5.74, 6) is 0.885. The van der Waals surface area contributed by atoms with Crippen molar-refractivity contribution in [2.75, 3.05) is 6.61 Å². The number of halogens is 1. The zero-order valence-electron chi connectivity index (χ0n) is 10.5. The van der Waals surface area contributed by atoms with E-state index in [1.807, 2.05) is 24.4 Å². The number of fused-ring (bicyclic) bond motifs is 1. The molecule has 1 aromatic carbocycles. The Balaban J connectivity index is 1.87. The molecule has 1 N–H and O–H groups in total. The molecule has 5 heteroatoms. The molecule has 2 aromatic rings. The van der Waals surface area contributed by atoms with Crippen molar-refractivity contribution < 1.29 is 9.84 Å². The second-order valence-electron chi connectivity index (χ2n) is 4.66. The Bertz CT molecular complexity index is 611. The fourth-order valence-corrected chi connectivity index (χ4v) is 3.27. The summed E-state index contributed by atoms with van der Waals surface area (Å²) in [6.07, 6.45) is 0.748. The Kier molecular flexibility index (Phi) is 3.48. The highest BCUT2D eigenvalue weighted by molar-refractivity contribution is 7.09. The van der Waals surface area contributed by atoms with E-state index in [4.69, 9.17) is 16.3 Å². The highest BCUT2D eigenvalue weighted by Gasteiger charge is 2.21. The number of aliphatic hydroxyl groups is 1. The van der Waals surface area contributed by atoms with Crippen LogP contribution in [-0.2, 0) is 12.8 Å². The predicted molar refractivity (Wildman–Crippen MR) is 76.2 cm³/mol. The number of hydrogen-bond donors (Lipinski definition) is 1. The molecule has 0 amide bonds. The van der Waals surface area contributed by atoms with E-state index in [9.17, 15) is 5.11 Å². The van der Waals surface area contributed by atoms with Crippen LogP contribution in [0.1, 0.15) is 27.9 Å². The molecule has 1 aliphatic heterocycles. The molecule has 0 saturated carbocycles. The maximum atomic E-state index is 10.3. The summed E-state index contributed by atoms with van der Waals surface area (Å²) >= 11 is 7.65. The van der Waals surface area contributed by atoms with Gasteiger partial charge in [-0.1, -0.05) is 11.6 Å². The minimum Gasteiger partial charge on any atom is -0.493 e. The van der Waals surface area contributed by atoms with E-state index < -0.39 is 6.10 Å². The predicted octanol–water partition coefficient (Wildman–Crippen LogP) is 3.32. The summed E-state index contributed by atoms with van der Waals surface area (Å²) in [5.41, 5.74) is 2.80. The molecule has 0 spiro atoms. The van der Waals surface area contributed by atoms with Crippen LogP contribution in [0.15, 0.2) is 17.5 Å². The lowest BCUT2D eigenvalue weighted by Crippen LogP contribution is -2.04. The fourth-order valence-electron chi connectivity index (χ4n) is 2.34. The first-order chi connectivity index (χ1) is 9.13. The largest absolute Gasteiger partial charge is 0.493 e. The zero-order chi connectivity index (χ0) is 13.4. The molecule has 100 valence electrons. The van der Waals surface area contributed by atoms with Crippen LogP contribution < -0.4 is 4.74 Å². The lowest BCUT2D eigenvalue weighted by Gasteiger charge is -2.12. The van der Waals surface area contributed by atoms with Gasteiger partial charge in [0.05, 0.1) is 17.3 Å². The van der Waals surface area contributed by atoms with Crippen LogP contribution in [0.3, 0.4) is 0 Å². The van der Waals surface area contributed by atoms with Crippen LogP contribution >= 0.6 is 22.9 Å². The molecule has 0 bridgehead atoms. The van der Waals surface area contributed by atoms with Gasteiger partial charge in [-0.05, 0) is 30.2 Å². The minimum absolute atomic E-state index is 0.478. The van der Waals surface area contributed by atoms with Crippen molar-refractivity contribution in [3.05, 3.63) is 44.4 Å². The molecular weight excluding hydrogens is 282 g/mol. The molecule has 0 saturated heterocycles. The SMILES string of the molecule is Cc1nc(C(O)Cc2cc(Cl)cc3c2OCC3)cs1. The molecule has 3 nitrogen and oxygen atoms in total. The van der Waals surface area contributed by atoms with Gasteiger partial charge >= 0.3 is 0 Å². The Morgan fingerprint density at radius 2 is 2.37 bits per heavy atom. The van der Waals surface area contributed by atoms with Gasteiger partial charge in [0, 0.05) is 23.2 Å². The Morgan fingerprint density at radius 1 is 1.53 bits per heavy atom. The highest BCUT2D eigenvalue weighted by atomic mass is 35.5. The molecule has 0 radical (unpaired) electrons. The van der Waals surface area contributed by atoms with Crippen LogP contribution in [0.5, 0.6) is 5.75 Å². The number of hydrogen-bond acceptors (Lipinski definition) is 4. The lowest BCUT2D eigenvalue weighted by atomic mass is 10.0. The lowest BCUT2D eigenvalue weighted by molar-refractivity contribution is 0.173. The third-order valence-corrected chi connectivity index (χ3v) is 4.23. The topological polar surface area (TPSA) is 42.4 Å². The monoisotopic (exact) mass is 295 g/mol. The second-order valence-corrected chi connectivity index (χ2v) is 6.16. The smallest absolute Gasteiger partial charge is 0.126 e. The van der Waals surface area contributed by atoms with Gasteiger partial charge in [0.15, 0.2) is 0 Å². The van der Waals surface area contributed by atoms with Crippen LogP contribution in [0, 0.1) is 6.92 Å². The van der Waals surface area contributed by atoms with Gasteiger partial charge in [-0.15, -0.1) is 11.3 Å². The van der Waals surface area contributed by atoms with E-state index in [0.29, 0.717) is 23.7 Å². The molecule has 1 aliphatic rings. The summed E-state index contributed by atoms with van der Waals surface area (Å²) in [6, 6.07) is 3.81. The van der Waals surface area contributed by atoms with Crippen LogP contribution in [0.2, 0.25) is 5.02 Å². The van der Waals surface area contributed by atoms with Gasteiger partial charge in [-0.2, -0.15) is 0 Å². The third-order valence-electron chi connectivity index (χ3n) is 3.22. The van der Waals surface area contributed by atoms with E-state index in [2.05, 4.69) is 4.98 Å². The Hall–Kier alpha value is -1.10. The summed E-state index contributed by atoms with van der Waals surface area (Å²) in [6.45, 7) is 2.62. The number of nitrogens with zero attached hydrogens (tertiary/aromatic N) is 1. The fraction of sp³-hybridized carbons (Fsp3) is 0.357. The van der Waals surface area contributed by atoms with Gasteiger partial charge in [-0.3, -0.25) is 0 Å². The number of rotatable bonds is 3. The molecule has 0 fully saturated rings. The van der Waals surface area contributed by atoms with Crippen molar-refractivity contribution in [1.82, 2.24) is 4.98 Å². The maximum Gasteiger partial charge on any atom is 0.126 e. The molecule has 3 rings (SSSR count). The molecule has 0 aliphatic carbocycles. The number of aromatic nitrogens is 1. The van der Waals surface area contributed by atoms with Crippen molar-refractivity contribution in [3.63, 3.8) is 0 Å². The van der Waals surface area contributed by atoms with E-state index in [1.54, 1.807) is 11.3 Å². The van der Waals surface area contributed by atoms with Crippen molar-refractivity contribution in [3.8, 4) is 5.75 Å². The Labute approximate surface area is 120 Å². The van der Waals surface area contributed by atoms with Crippen LogP contribution in [-0.4, -0.2) is 16.7 Å². The van der Waals surface area contributed by atoms with Gasteiger partial charge in [0.2, 0.25) is 0 Å². The maximum absolute atomic E-state index is 10.3. The summed E-state index contributed by atoms with van der Waals surface area (Å²) < 4.78 is 5.64. The van der Waals surface area contributed by atoms with E-state index in [0.717, 1.165) is 28.3 Å². The molecule has 1 atom stereocenters. The standard InChI is InChI=1S/C14H14ClNO2S/c1-8-16-12(7-19-8)13(17)6-10-5-11(15)4-9-2-3-18-14(9)10/h4-5,7,13,17H,2-3,6H2,1H3. The van der Waals surface area contributed by atoms with E-state index in [1.165, 1.54) is 0 Å². The van der Waals surface area contributed by atoms with Gasteiger partial charge in [-0.25, -0.2) is 4.98 Å². The van der Waals surface area contributed by atoms with Gasteiger partial charge < -0.3 is 9.84 Å². The second kappa shape index (κ2) is 5.12. The molecule has 1 aromatic heterocycles. The molecular formula is C14H14ClNO2S. The summed E-state index contributed by atoms with van der Waals surface area (Å²) in [5, 5.41) is 13.8. The summed E-state index contributed by atoms with van der Waals surface area (Å²) in [4.78, 5) is 4.32. The van der Waals surface area contributed by atoms with Crippen molar-refractivity contribution in [1.29, 1.82) is 0 Å². The third kappa shape index (κ3) is 2.61. The van der Waals surface area contributed by atoms with Crippen LogP contribution in [0.4, 0.5) is 0 Å². The van der Waals surface area contributed by atoms with Crippen molar-refractivity contribution >= 4 is 22.9 Å². The van der Waals surface area contributed by atoms with Gasteiger partial charge in [0.25, 0.3) is 0 Å².